The summed E-state index contributed by atoms with van der Waals surface area (Å²) in [6.45, 7) is 1.28. The van der Waals surface area contributed by atoms with Crippen LogP contribution in [0.15, 0.2) is 18.2 Å². The molecule has 4 N–H and O–H groups in total. The lowest BCUT2D eigenvalue weighted by Gasteiger charge is -2.24. The van der Waals surface area contributed by atoms with E-state index in [9.17, 15) is 23.4 Å². The van der Waals surface area contributed by atoms with Crippen LogP contribution in [-0.4, -0.2) is 57.9 Å². The highest BCUT2D eigenvalue weighted by molar-refractivity contribution is 7.92. The Morgan fingerprint density at radius 1 is 1.28 bits per heavy atom. The number of carbonyl (C=O) groups excluding carboxylic acids is 1. The van der Waals surface area contributed by atoms with Gasteiger partial charge in [-0.1, -0.05) is 11.8 Å². The lowest BCUT2D eigenvalue weighted by Crippen LogP contribution is -2.49. The van der Waals surface area contributed by atoms with E-state index in [1.54, 1.807) is 0 Å². The maximum Gasteiger partial charge on any atom is 0.264 e. The van der Waals surface area contributed by atoms with Crippen LogP contribution in [0, 0.1) is 29.6 Å². The van der Waals surface area contributed by atoms with Crippen molar-refractivity contribution >= 4 is 37.3 Å². The van der Waals surface area contributed by atoms with Gasteiger partial charge in [0.2, 0.25) is 0 Å². The highest BCUT2D eigenvalue weighted by atomic mass is 32.2. The van der Waals surface area contributed by atoms with Crippen molar-refractivity contribution in [1.82, 2.24) is 10.5 Å². The summed E-state index contributed by atoms with van der Waals surface area (Å²) < 4.78 is 23.3. The third kappa shape index (κ3) is 5.29. The number of thiazole rings is 1. The van der Waals surface area contributed by atoms with Crippen LogP contribution in [0.2, 0.25) is 0 Å². The monoisotopic (exact) mass is 476 g/mol. The molecule has 2 unspecified atom stereocenters. The first-order valence-electron chi connectivity index (χ1n) is 9.95. The normalized spacial score (nSPS) is 22.3. The molecule has 1 aromatic carbocycles. The third-order valence-electron chi connectivity index (χ3n) is 5.69. The van der Waals surface area contributed by atoms with Crippen LogP contribution in [0.1, 0.15) is 36.8 Å². The van der Waals surface area contributed by atoms with Crippen molar-refractivity contribution in [3.05, 3.63) is 28.8 Å². The van der Waals surface area contributed by atoms with Crippen molar-refractivity contribution < 1.29 is 28.6 Å². The number of hydroxylamine groups is 1. The summed E-state index contributed by atoms with van der Waals surface area (Å²) in [5, 5.41) is 28.7. The molecule has 1 heterocycles. The van der Waals surface area contributed by atoms with Gasteiger partial charge < -0.3 is 10.2 Å². The Kier molecular flexibility index (Phi) is 7.23. The molecule has 32 heavy (non-hydrogen) atoms. The molecule has 4 atom stereocenters. The minimum atomic E-state index is -3.76. The van der Waals surface area contributed by atoms with Gasteiger partial charge in [-0.25, -0.2) is 18.9 Å². The van der Waals surface area contributed by atoms with E-state index in [1.807, 2.05) is 18.2 Å². The first kappa shape index (κ1) is 24.2. The van der Waals surface area contributed by atoms with Crippen molar-refractivity contribution in [2.75, 3.05) is 6.26 Å². The number of aliphatic hydroxyl groups excluding tert-OH is 2. The summed E-state index contributed by atoms with van der Waals surface area (Å²) in [7, 11) is -3.76. The van der Waals surface area contributed by atoms with E-state index in [-0.39, 0.29) is 18.8 Å². The van der Waals surface area contributed by atoms with E-state index in [1.165, 1.54) is 23.7 Å². The Morgan fingerprint density at radius 2 is 1.97 bits per heavy atom. The van der Waals surface area contributed by atoms with Crippen LogP contribution in [0.4, 0.5) is 0 Å². The number of hydrogen-bond donors (Lipinski definition) is 4. The molecule has 1 aliphatic rings. The van der Waals surface area contributed by atoms with Crippen molar-refractivity contribution in [1.29, 1.82) is 0 Å². The van der Waals surface area contributed by atoms with Gasteiger partial charge in [0.05, 0.1) is 27.4 Å². The number of rotatable bonds is 5. The summed E-state index contributed by atoms with van der Waals surface area (Å²) in [5.41, 5.74) is 2.93. The average molecular weight is 477 g/mol. The van der Waals surface area contributed by atoms with E-state index in [4.69, 9.17) is 5.21 Å². The van der Waals surface area contributed by atoms with Gasteiger partial charge in [0.15, 0.2) is 9.84 Å². The van der Waals surface area contributed by atoms with Crippen LogP contribution < -0.4 is 5.48 Å². The molecular formula is C22H24N2O6S2. The smallest absolute Gasteiger partial charge is 0.264 e. The number of benzene rings is 1. The molecule has 1 aliphatic carbocycles. The summed E-state index contributed by atoms with van der Waals surface area (Å²) in [4.78, 5) is 16.4. The lowest BCUT2D eigenvalue weighted by atomic mass is 10.0. The Morgan fingerprint density at radius 3 is 2.59 bits per heavy atom. The maximum absolute atomic E-state index is 12.1. The number of aryl methyl sites for hydroxylation is 1. The Balaban J connectivity index is 1.71. The molecule has 1 saturated carbocycles. The summed E-state index contributed by atoms with van der Waals surface area (Å²) in [5.74, 6) is 10.4. The first-order valence-corrected chi connectivity index (χ1v) is 12.7. The molecule has 2 aromatic rings. The summed E-state index contributed by atoms with van der Waals surface area (Å²) in [6.07, 6.45) is 0.642. The van der Waals surface area contributed by atoms with Crippen LogP contribution >= 0.6 is 11.3 Å². The number of nitrogens with one attached hydrogen (secondary N) is 1. The number of amides is 1. The molecule has 0 aliphatic heterocycles. The van der Waals surface area contributed by atoms with Gasteiger partial charge in [-0.05, 0) is 56.2 Å². The molecule has 170 valence electrons. The van der Waals surface area contributed by atoms with Crippen molar-refractivity contribution in [2.45, 2.75) is 49.6 Å². The van der Waals surface area contributed by atoms with Gasteiger partial charge in [-0.2, -0.15) is 0 Å². The molecule has 10 heteroatoms. The Bertz CT molecular complexity index is 1240. The van der Waals surface area contributed by atoms with Gasteiger partial charge in [-0.3, -0.25) is 10.0 Å². The quantitative estimate of drug-likeness (QED) is 0.287. The number of carbonyl (C=O) groups is 1. The second-order valence-corrected chi connectivity index (χ2v) is 11.6. The molecular weight excluding hydrogens is 452 g/mol. The molecule has 1 fully saturated rings. The van der Waals surface area contributed by atoms with E-state index in [2.05, 4.69) is 28.7 Å². The van der Waals surface area contributed by atoms with Gasteiger partial charge >= 0.3 is 0 Å². The molecule has 0 saturated heterocycles. The maximum atomic E-state index is 12.1. The molecule has 0 spiro atoms. The van der Waals surface area contributed by atoms with Crippen LogP contribution in [0.5, 0.6) is 0 Å². The average Bonchev–Trinajstić information content (AvgIpc) is 3.29. The van der Waals surface area contributed by atoms with Crippen molar-refractivity contribution in [2.24, 2.45) is 5.92 Å². The number of sulfone groups is 1. The molecule has 0 bridgehead atoms. The standard InChI is InChI=1S/C22H24N2O6S2/c1-22(21(27)24-28,32(2,29)30)10-9-20-23-16-8-7-14(13-19(16)31-20)5-3-4-6-15-11-17(25)18(26)12-15/h7-8,13,15,17-18,25-26,28H,9-12H2,1-2H3,(H,24,27)/t15?,17-,18+,22?. The van der Waals surface area contributed by atoms with E-state index >= 15 is 0 Å². The number of hydrogen-bond acceptors (Lipinski definition) is 8. The predicted molar refractivity (Wildman–Crippen MR) is 121 cm³/mol. The summed E-state index contributed by atoms with van der Waals surface area (Å²) in [6, 6.07) is 5.49. The molecule has 3 rings (SSSR count). The number of aliphatic hydroxyl groups is 2. The van der Waals surface area contributed by atoms with Gasteiger partial charge in [0.25, 0.3) is 5.91 Å². The fourth-order valence-corrected chi connectivity index (χ4v) is 5.30. The Hall–Kier alpha value is -2.47. The largest absolute Gasteiger partial charge is 0.390 e. The topological polar surface area (TPSA) is 137 Å². The van der Waals surface area contributed by atoms with E-state index in [0.29, 0.717) is 17.8 Å². The Labute approximate surface area is 190 Å². The van der Waals surface area contributed by atoms with Crippen LogP contribution in [-0.2, 0) is 21.1 Å². The van der Waals surface area contributed by atoms with Crippen LogP contribution in [0.3, 0.4) is 0 Å². The fraction of sp³-hybridized carbons (Fsp3) is 0.455. The third-order valence-corrected chi connectivity index (χ3v) is 8.79. The fourth-order valence-electron chi connectivity index (χ4n) is 3.44. The summed E-state index contributed by atoms with van der Waals surface area (Å²) >= 11 is 1.38. The first-order chi connectivity index (χ1) is 15.0. The van der Waals surface area contributed by atoms with Crippen molar-refractivity contribution in [3.8, 4) is 23.7 Å². The molecule has 8 nitrogen and oxygen atoms in total. The highest BCUT2D eigenvalue weighted by Crippen LogP contribution is 2.28. The lowest BCUT2D eigenvalue weighted by molar-refractivity contribution is -0.131. The minimum Gasteiger partial charge on any atom is -0.390 e. The van der Waals surface area contributed by atoms with E-state index in [0.717, 1.165) is 22.0 Å². The van der Waals surface area contributed by atoms with Gasteiger partial charge in [0, 0.05) is 24.2 Å². The number of nitrogens with zero attached hydrogens (tertiary/aromatic N) is 1. The predicted octanol–water partition coefficient (Wildman–Crippen LogP) is 1.02. The molecule has 1 amide bonds. The highest BCUT2D eigenvalue weighted by Gasteiger charge is 2.43. The minimum absolute atomic E-state index is 0.0230. The van der Waals surface area contributed by atoms with Crippen LogP contribution in [0.25, 0.3) is 10.2 Å². The zero-order valence-electron chi connectivity index (χ0n) is 17.6. The van der Waals surface area contributed by atoms with Crippen molar-refractivity contribution in [3.63, 3.8) is 0 Å². The van der Waals surface area contributed by atoms with Gasteiger partial charge in [-0.15, -0.1) is 11.3 Å². The SMILES string of the molecule is CC(CCc1nc2ccc(C#CC#CC3C[C@@H](O)[C@@H](O)C3)cc2s1)(C(=O)NO)S(C)(=O)=O. The zero-order chi connectivity index (χ0) is 23.5. The number of aromatic nitrogens is 1. The van der Waals surface area contributed by atoms with Gasteiger partial charge in [0.1, 0.15) is 4.75 Å². The second kappa shape index (κ2) is 9.57. The molecule has 0 radical (unpaired) electrons. The number of fused-ring (bicyclic) bond motifs is 1. The molecule has 1 aromatic heterocycles. The zero-order valence-corrected chi connectivity index (χ0v) is 19.3. The van der Waals surface area contributed by atoms with E-state index < -0.39 is 32.7 Å². The second-order valence-electron chi connectivity index (χ2n) is 8.06.